The maximum Gasteiger partial charge on any atom is 0.224 e. The predicted octanol–water partition coefficient (Wildman–Crippen LogP) is 1.26. The van der Waals surface area contributed by atoms with Crippen molar-refractivity contribution in [1.29, 1.82) is 0 Å². The molecular formula is C9H11ClFN3O2S. The molecule has 5 nitrogen and oxygen atoms in total. The number of nitrogens with zero attached hydrogens (tertiary/aromatic N) is 2. The van der Waals surface area contributed by atoms with Gasteiger partial charge in [-0.15, -0.1) is 0 Å². The lowest BCUT2D eigenvalue weighted by atomic mass is 10.0. The topological polar surface area (TPSA) is 72.0 Å². The summed E-state index contributed by atoms with van der Waals surface area (Å²) in [6.07, 6.45) is 1.36. The van der Waals surface area contributed by atoms with Crippen molar-refractivity contribution in [3.8, 4) is 0 Å². The van der Waals surface area contributed by atoms with Crippen LogP contribution in [0.1, 0.15) is 13.3 Å². The van der Waals surface area contributed by atoms with E-state index in [1.807, 2.05) is 0 Å². The highest BCUT2D eigenvalue weighted by molar-refractivity contribution is 7.91. The third-order valence-corrected chi connectivity index (χ3v) is 4.72. The molecule has 1 aliphatic rings. The second-order valence-electron chi connectivity index (χ2n) is 4.36. The van der Waals surface area contributed by atoms with Crippen LogP contribution in [0.3, 0.4) is 0 Å². The first-order chi connectivity index (χ1) is 7.80. The highest BCUT2D eigenvalue weighted by atomic mass is 35.5. The highest BCUT2D eigenvalue weighted by Gasteiger charge is 2.39. The van der Waals surface area contributed by atoms with Gasteiger partial charge in [-0.1, -0.05) is 0 Å². The molecule has 0 amide bonds. The predicted molar refractivity (Wildman–Crippen MR) is 62.3 cm³/mol. The lowest BCUT2D eigenvalue weighted by Gasteiger charge is -2.24. The SMILES string of the molecule is CC1(Nc2nc(Cl)ncc2F)CCS(=O)(=O)C1. The summed E-state index contributed by atoms with van der Waals surface area (Å²) in [5.41, 5.74) is -0.711. The van der Waals surface area contributed by atoms with Gasteiger partial charge in [0.2, 0.25) is 5.28 Å². The summed E-state index contributed by atoms with van der Waals surface area (Å²) in [5.74, 6) is -0.664. The van der Waals surface area contributed by atoms with Crippen molar-refractivity contribution < 1.29 is 12.8 Å². The Kier molecular flexibility index (Phi) is 2.99. The number of hydrogen-bond donors (Lipinski definition) is 1. The van der Waals surface area contributed by atoms with Crippen LogP contribution in [0.5, 0.6) is 0 Å². The average molecular weight is 280 g/mol. The summed E-state index contributed by atoms with van der Waals surface area (Å²) in [7, 11) is -3.06. The van der Waals surface area contributed by atoms with Gasteiger partial charge in [-0.25, -0.2) is 17.8 Å². The molecule has 0 aromatic carbocycles. The fourth-order valence-electron chi connectivity index (χ4n) is 1.83. The number of hydrogen-bond acceptors (Lipinski definition) is 5. The van der Waals surface area contributed by atoms with Gasteiger partial charge >= 0.3 is 0 Å². The van der Waals surface area contributed by atoms with Crippen molar-refractivity contribution in [3.63, 3.8) is 0 Å². The maximum atomic E-state index is 13.4. The molecule has 1 aromatic heterocycles. The molecule has 0 spiro atoms. The number of halogens is 2. The van der Waals surface area contributed by atoms with Crippen molar-refractivity contribution in [3.05, 3.63) is 17.3 Å². The first-order valence-corrected chi connectivity index (χ1v) is 7.16. The molecule has 1 unspecified atom stereocenters. The van der Waals surface area contributed by atoms with Gasteiger partial charge in [0.05, 0.1) is 23.2 Å². The first kappa shape index (κ1) is 12.5. The Morgan fingerprint density at radius 1 is 1.59 bits per heavy atom. The zero-order chi connectivity index (χ0) is 12.7. The number of rotatable bonds is 2. The Morgan fingerprint density at radius 3 is 2.88 bits per heavy atom. The van der Waals surface area contributed by atoms with E-state index >= 15 is 0 Å². The Morgan fingerprint density at radius 2 is 2.29 bits per heavy atom. The molecule has 1 saturated heterocycles. The molecule has 1 N–H and O–H groups in total. The average Bonchev–Trinajstić information content (AvgIpc) is 2.47. The Bertz CT molecular complexity index is 551. The third-order valence-electron chi connectivity index (χ3n) is 2.64. The van der Waals surface area contributed by atoms with E-state index in [0.29, 0.717) is 6.42 Å². The summed E-state index contributed by atoms with van der Waals surface area (Å²) in [5, 5.41) is 2.71. The molecule has 17 heavy (non-hydrogen) atoms. The summed E-state index contributed by atoms with van der Waals surface area (Å²) in [4.78, 5) is 7.19. The van der Waals surface area contributed by atoms with Crippen LogP contribution in [0.4, 0.5) is 10.2 Å². The van der Waals surface area contributed by atoms with Crippen molar-refractivity contribution in [2.75, 3.05) is 16.8 Å². The second-order valence-corrected chi connectivity index (χ2v) is 6.89. The van der Waals surface area contributed by atoms with Gasteiger partial charge in [0, 0.05) is 0 Å². The van der Waals surface area contributed by atoms with Gasteiger partial charge in [-0.3, -0.25) is 0 Å². The van der Waals surface area contributed by atoms with Crippen molar-refractivity contribution >= 4 is 27.3 Å². The lowest BCUT2D eigenvalue weighted by molar-refractivity contribution is 0.555. The molecule has 2 rings (SSSR count). The van der Waals surface area contributed by atoms with Crippen LogP contribution in [0.2, 0.25) is 5.28 Å². The van der Waals surface area contributed by atoms with Crippen LogP contribution in [-0.4, -0.2) is 35.4 Å². The highest BCUT2D eigenvalue weighted by Crippen LogP contribution is 2.27. The van der Waals surface area contributed by atoms with Gasteiger partial charge in [0.15, 0.2) is 21.5 Å². The fourth-order valence-corrected chi connectivity index (χ4v) is 4.05. The van der Waals surface area contributed by atoms with E-state index < -0.39 is 21.2 Å². The van der Waals surface area contributed by atoms with Crippen molar-refractivity contribution in [2.24, 2.45) is 0 Å². The molecule has 1 aliphatic heterocycles. The monoisotopic (exact) mass is 279 g/mol. The maximum absolute atomic E-state index is 13.4. The summed E-state index contributed by atoms with van der Waals surface area (Å²) in [6, 6.07) is 0. The molecule has 0 bridgehead atoms. The minimum Gasteiger partial charge on any atom is -0.361 e. The van der Waals surface area contributed by atoms with Crippen LogP contribution in [-0.2, 0) is 9.84 Å². The molecule has 1 fully saturated rings. The van der Waals surface area contributed by atoms with Crippen molar-refractivity contribution in [1.82, 2.24) is 9.97 Å². The van der Waals surface area contributed by atoms with Crippen LogP contribution in [0, 0.1) is 5.82 Å². The zero-order valence-corrected chi connectivity index (χ0v) is 10.6. The quantitative estimate of drug-likeness (QED) is 0.825. The molecule has 1 aromatic rings. The molecule has 0 saturated carbocycles. The Balaban J connectivity index is 2.24. The summed E-state index contributed by atoms with van der Waals surface area (Å²) < 4.78 is 36.2. The normalized spacial score (nSPS) is 27.0. The molecule has 2 heterocycles. The van der Waals surface area contributed by atoms with Crippen LogP contribution in [0.15, 0.2) is 6.20 Å². The van der Waals surface area contributed by atoms with Gasteiger partial charge in [-0.2, -0.15) is 4.98 Å². The molecule has 8 heteroatoms. The van der Waals surface area contributed by atoms with Crippen LogP contribution < -0.4 is 5.32 Å². The smallest absolute Gasteiger partial charge is 0.224 e. The van der Waals surface area contributed by atoms with E-state index in [4.69, 9.17) is 11.6 Å². The van der Waals surface area contributed by atoms with Crippen LogP contribution in [0.25, 0.3) is 0 Å². The van der Waals surface area contributed by atoms with Gasteiger partial charge < -0.3 is 5.32 Å². The van der Waals surface area contributed by atoms with E-state index in [1.165, 1.54) is 0 Å². The van der Waals surface area contributed by atoms with Crippen LogP contribution >= 0.6 is 11.6 Å². The van der Waals surface area contributed by atoms with Gasteiger partial charge in [0.25, 0.3) is 0 Å². The van der Waals surface area contributed by atoms with E-state index in [0.717, 1.165) is 6.20 Å². The summed E-state index contributed by atoms with van der Waals surface area (Å²) in [6.45, 7) is 1.72. The number of sulfone groups is 1. The minimum absolute atomic E-state index is 0.0406. The van der Waals surface area contributed by atoms with E-state index in [1.54, 1.807) is 6.92 Å². The van der Waals surface area contributed by atoms with E-state index in [-0.39, 0.29) is 22.6 Å². The number of anilines is 1. The standard InChI is InChI=1S/C9H11ClFN3O2S/c1-9(2-3-17(15,16)5-9)14-7-6(11)4-12-8(10)13-7/h4H,2-3,5H2,1H3,(H,12,13,14). The fraction of sp³-hybridized carbons (Fsp3) is 0.556. The third kappa shape index (κ3) is 2.84. The molecule has 1 atom stereocenters. The second kappa shape index (κ2) is 4.06. The largest absolute Gasteiger partial charge is 0.361 e. The summed E-state index contributed by atoms with van der Waals surface area (Å²) >= 11 is 5.56. The lowest BCUT2D eigenvalue weighted by Crippen LogP contribution is -2.36. The molecular weight excluding hydrogens is 269 g/mol. The van der Waals surface area contributed by atoms with Crippen molar-refractivity contribution in [2.45, 2.75) is 18.9 Å². The molecule has 0 aliphatic carbocycles. The molecule has 0 radical (unpaired) electrons. The minimum atomic E-state index is -3.06. The van der Waals surface area contributed by atoms with E-state index in [9.17, 15) is 12.8 Å². The number of nitrogens with one attached hydrogen (secondary N) is 1. The Labute approximate surface area is 103 Å². The zero-order valence-electron chi connectivity index (χ0n) is 9.07. The van der Waals surface area contributed by atoms with Gasteiger partial charge in [-0.05, 0) is 24.9 Å². The Hall–Kier alpha value is -0.950. The van der Waals surface area contributed by atoms with Gasteiger partial charge in [0.1, 0.15) is 0 Å². The molecule has 94 valence electrons. The van der Waals surface area contributed by atoms with E-state index in [2.05, 4.69) is 15.3 Å². The first-order valence-electron chi connectivity index (χ1n) is 4.96. The number of aromatic nitrogens is 2.